The van der Waals surface area contributed by atoms with Crippen LogP contribution in [-0.4, -0.2) is 14.2 Å². The first-order valence-corrected chi connectivity index (χ1v) is 7.90. The Morgan fingerprint density at radius 1 is 1.28 bits per heavy atom. The number of rotatable bonds is 6. The molecule has 0 aliphatic heterocycles. The first kappa shape index (κ1) is 13.5. The van der Waals surface area contributed by atoms with Gasteiger partial charge in [-0.2, -0.15) is 0 Å². The van der Waals surface area contributed by atoms with Gasteiger partial charge < -0.3 is 0 Å². The summed E-state index contributed by atoms with van der Waals surface area (Å²) in [5, 5.41) is 0. The van der Waals surface area contributed by atoms with E-state index in [-0.39, 0.29) is 11.6 Å². The Kier molecular flexibility index (Phi) is 3.73. The average molecular weight is 271 g/mol. The largest absolute Gasteiger partial charge is 0.212 e. The molecule has 1 aromatic rings. The summed E-state index contributed by atoms with van der Waals surface area (Å²) in [5.74, 6) is -0.143. The molecule has 0 radical (unpaired) electrons. The van der Waals surface area contributed by atoms with Crippen LogP contribution in [0.15, 0.2) is 24.3 Å². The molecule has 100 valence electrons. The predicted octanol–water partition coefficient (Wildman–Crippen LogP) is 2.53. The maximum absolute atomic E-state index is 12.9. The lowest BCUT2D eigenvalue weighted by Gasteiger charge is -2.18. The SMILES string of the molecule is CCCCS(=O)(=O)NC1(c2ccc(F)cc2)CC1. The van der Waals surface area contributed by atoms with E-state index in [1.54, 1.807) is 12.1 Å². The molecule has 0 aromatic heterocycles. The van der Waals surface area contributed by atoms with Gasteiger partial charge in [0.1, 0.15) is 5.82 Å². The zero-order chi connectivity index (χ0) is 13.2. The van der Waals surface area contributed by atoms with Gasteiger partial charge in [0.05, 0.1) is 11.3 Å². The van der Waals surface area contributed by atoms with Crippen molar-refractivity contribution >= 4 is 10.0 Å². The van der Waals surface area contributed by atoms with Crippen LogP contribution >= 0.6 is 0 Å². The normalized spacial score (nSPS) is 17.7. The summed E-state index contributed by atoms with van der Waals surface area (Å²) in [6.07, 6.45) is 3.08. The molecule has 0 atom stereocenters. The third kappa shape index (κ3) is 3.09. The van der Waals surface area contributed by atoms with E-state index in [9.17, 15) is 12.8 Å². The van der Waals surface area contributed by atoms with Crippen molar-refractivity contribution in [3.63, 3.8) is 0 Å². The smallest absolute Gasteiger partial charge is 0.212 e. The minimum Gasteiger partial charge on any atom is -0.212 e. The van der Waals surface area contributed by atoms with Crippen molar-refractivity contribution in [2.24, 2.45) is 0 Å². The van der Waals surface area contributed by atoms with Crippen LogP contribution in [0.5, 0.6) is 0 Å². The van der Waals surface area contributed by atoms with Crippen LogP contribution in [-0.2, 0) is 15.6 Å². The van der Waals surface area contributed by atoms with Gasteiger partial charge in [0.2, 0.25) is 10.0 Å². The van der Waals surface area contributed by atoms with E-state index < -0.39 is 15.6 Å². The molecule has 18 heavy (non-hydrogen) atoms. The molecule has 0 unspecified atom stereocenters. The molecular formula is C13H18FNO2S. The molecule has 0 heterocycles. The summed E-state index contributed by atoms with van der Waals surface area (Å²) in [4.78, 5) is 0. The molecule has 1 fully saturated rings. The highest BCUT2D eigenvalue weighted by molar-refractivity contribution is 7.89. The fourth-order valence-electron chi connectivity index (χ4n) is 2.03. The molecule has 1 aliphatic carbocycles. The van der Waals surface area contributed by atoms with E-state index in [1.807, 2.05) is 6.92 Å². The lowest BCUT2D eigenvalue weighted by atomic mass is 10.1. The molecule has 1 aliphatic rings. The van der Waals surface area contributed by atoms with Crippen LogP contribution in [0.1, 0.15) is 38.2 Å². The van der Waals surface area contributed by atoms with Gasteiger partial charge in [-0.1, -0.05) is 25.5 Å². The third-order valence-electron chi connectivity index (χ3n) is 3.26. The zero-order valence-corrected chi connectivity index (χ0v) is 11.3. The van der Waals surface area contributed by atoms with Crippen molar-refractivity contribution in [1.29, 1.82) is 0 Å². The van der Waals surface area contributed by atoms with Crippen LogP contribution in [0.25, 0.3) is 0 Å². The summed E-state index contributed by atoms with van der Waals surface area (Å²) in [7, 11) is -3.24. The third-order valence-corrected chi connectivity index (χ3v) is 4.79. The molecule has 2 rings (SSSR count). The lowest BCUT2D eigenvalue weighted by molar-refractivity contribution is 0.548. The molecule has 0 saturated heterocycles. The van der Waals surface area contributed by atoms with Crippen molar-refractivity contribution in [2.75, 3.05) is 5.75 Å². The highest BCUT2D eigenvalue weighted by Crippen LogP contribution is 2.46. The van der Waals surface area contributed by atoms with Gasteiger partial charge in [0.25, 0.3) is 0 Å². The van der Waals surface area contributed by atoms with E-state index in [4.69, 9.17) is 0 Å². The summed E-state index contributed by atoms with van der Waals surface area (Å²) in [6.45, 7) is 1.96. The number of nitrogens with one attached hydrogen (secondary N) is 1. The highest BCUT2D eigenvalue weighted by atomic mass is 32.2. The van der Waals surface area contributed by atoms with E-state index >= 15 is 0 Å². The maximum Gasteiger partial charge on any atom is 0.212 e. The Morgan fingerprint density at radius 3 is 2.39 bits per heavy atom. The molecule has 1 N–H and O–H groups in total. The van der Waals surface area contributed by atoms with Gasteiger partial charge in [0, 0.05) is 0 Å². The number of unbranched alkanes of at least 4 members (excludes halogenated alkanes) is 1. The molecule has 0 amide bonds. The molecule has 3 nitrogen and oxygen atoms in total. The lowest BCUT2D eigenvalue weighted by Crippen LogP contribution is -2.36. The summed E-state index contributed by atoms with van der Waals surface area (Å²) in [6, 6.07) is 6.06. The Balaban J connectivity index is 2.11. The second-order valence-electron chi connectivity index (χ2n) is 4.86. The van der Waals surface area contributed by atoms with Crippen molar-refractivity contribution in [3.8, 4) is 0 Å². The standard InChI is InChI=1S/C13H18FNO2S/c1-2-3-10-18(16,17)15-13(8-9-13)11-4-6-12(14)7-5-11/h4-7,15H,2-3,8-10H2,1H3. The van der Waals surface area contributed by atoms with Gasteiger partial charge in [-0.05, 0) is 37.0 Å². The first-order valence-electron chi connectivity index (χ1n) is 6.25. The van der Waals surface area contributed by atoms with Crippen LogP contribution in [0, 0.1) is 5.82 Å². The van der Waals surface area contributed by atoms with Gasteiger partial charge in [-0.3, -0.25) is 0 Å². The Labute approximate surface area is 107 Å². The first-order chi connectivity index (χ1) is 8.47. The minimum atomic E-state index is -3.24. The number of hydrogen-bond acceptors (Lipinski definition) is 2. The Morgan fingerprint density at radius 2 is 1.89 bits per heavy atom. The van der Waals surface area contributed by atoms with Gasteiger partial charge >= 0.3 is 0 Å². The molecular weight excluding hydrogens is 253 g/mol. The second-order valence-corrected chi connectivity index (χ2v) is 6.71. The highest BCUT2D eigenvalue weighted by Gasteiger charge is 2.47. The minimum absolute atomic E-state index is 0.159. The van der Waals surface area contributed by atoms with Crippen LogP contribution in [0.4, 0.5) is 4.39 Å². The Hall–Kier alpha value is -0.940. The molecule has 0 spiro atoms. The number of sulfonamides is 1. The Bertz CT molecular complexity index is 506. The molecule has 5 heteroatoms. The predicted molar refractivity (Wildman–Crippen MR) is 69.1 cm³/mol. The van der Waals surface area contributed by atoms with E-state index in [1.165, 1.54) is 12.1 Å². The van der Waals surface area contributed by atoms with Gasteiger partial charge in [-0.15, -0.1) is 0 Å². The van der Waals surface area contributed by atoms with Gasteiger partial charge in [-0.25, -0.2) is 17.5 Å². The number of hydrogen-bond donors (Lipinski definition) is 1. The van der Waals surface area contributed by atoms with E-state index in [2.05, 4.69) is 4.72 Å². The van der Waals surface area contributed by atoms with Crippen molar-refractivity contribution < 1.29 is 12.8 Å². The zero-order valence-electron chi connectivity index (χ0n) is 10.4. The van der Waals surface area contributed by atoms with Crippen molar-refractivity contribution in [1.82, 2.24) is 4.72 Å². The van der Waals surface area contributed by atoms with Crippen LogP contribution < -0.4 is 4.72 Å². The van der Waals surface area contributed by atoms with E-state index in [0.29, 0.717) is 6.42 Å². The monoisotopic (exact) mass is 271 g/mol. The average Bonchev–Trinajstić information content (AvgIpc) is 3.07. The number of benzene rings is 1. The topological polar surface area (TPSA) is 46.2 Å². The molecule has 0 bridgehead atoms. The fourth-order valence-corrected chi connectivity index (χ4v) is 3.71. The second kappa shape index (κ2) is 4.97. The van der Waals surface area contributed by atoms with Crippen LogP contribution in [0.3, 0.4) is 0 Å². The van der Waals surface area contributed by atoms with E-state index in [0.717, 1.165) is 24.8 Å². The maximum atomic E-state index is 12.9. The summed E-state index contributed by atoms with van der Waals surface area (Å²) >= 11 is 0. The summed E-state index contributed by atoms with van der Waals surface area (Å²) in [5.41, 5.74) is 0.365. The van der Waals surface area contributed by atoms with Crippen LogP contribution in [0.2, 0.25) is 0 Å². The molecule has 1 aromatic carbocycles. The molecule has 1 saturated carbocycles. The summed E-state index contributed by atoms with van der Waals surface area (Å²) < 4.78 is 39.4. The number of halogens is 1. The fraction of sp³-hybridized carbons (Fsp3) is 0.538. The van der Waals surface area contributed by atoms with Crippen molar-refractivity contribution in [2.45, 2.75) is 38.1 Å². The van der Waals surface area contributed by atoms with Crippen molar-refractivity contribution in [3.05, 3.63) is 35.6 Å². The quantitative estimate of drug-likeness (QED) is 0.864. The van der Waals surface area contributed by atoms with Gasteiger partial charge in [0.15, 0.2) is 0 Å².